The average Bonchev–Trinajstić information content (AvgIpc) is 2.47. The molecule has 1 heterocycles. The molecule has 0 bridgehead atoms. The summed E-state index contributed by atoms with van der Waals surface area (Å²) in [6.45, 7) is 1.01. The molecule has 0 aromatic carbocycles. The zero-order chi connectivity index (χ0) is 8.97. The van der Waals surface area contributed by atoms with Crippen molar-refractivity contribution < 1.29 is 5.11 Å². The Kier molecular flexibility index (Phi) is 3.71. The monoisotopic (exact) mass is 233 g/mol. The van der Waals surface area contributed by atoms with Gasteiger partial charge in [0.15, 0.2) is 0 Å². The van der Waals surface area contributed by atoms with Crippen molar-refractivity contribution in [2.24, 2.45) is 5.73 Å². The summed E-state index contributed by atoms with van der Waals surface area (Å²) in [5.41, 5.74) is 5.25. The summed E-state index contributed by atoms with van der Waals surface area (Å²) in [4.78, 5) is 0. The molecule has 0 aliphatic heterocycles. The molecule has 0 saturated carbocycles. The van der Waals surface area contributed by atoms with E-state index in [0.717, 1.165) is 4.47 Å². The van der Waals surface area contributed by atoms with Gasteiger partial charge in [-0.1, -0.05) is 0 Å². The highest BCUT2D eigenvalue weighted by molar-refractivity contribution is 9.10. The fraction of sp³-hybridized carbons (Fsp3) is 0.571. The zero-order valence-corrected chi connectivity index (χ0v) is 8.24. The first-order valence-corrected chi connectivity index (χ1v) is 4.57. The van der Waals surface area contributed by atoms with Gasteiger partial charge in [-0.3, -0.25) is 4.68 Å². The highest BCUT2D eigenvalue weighted by atomic mass is 79.9. The fourth-order valence-corrected chi connectivity index (χ4v) is 1.19. The van der Waals surface area contributed by atoms with Crippen LogP contribution >= 0.6 is 15.9 Å². The fourth-order valence-electron chi connectivity index (χ4n) is 0.860. The molecular weight excluding hydrogens is 222 g/mol. The van der Waals surface area contributed by atoms with Crippen LogP contribution < -0.4 is 5.73 Å². The van der Waals surface area contributed by atoms with Gasteiger partial charge in [-0.15, -0.1) is 0 Å². The molecule has 0 spiro atoms. The van der Waals surface area contributed by atoms with Gasteiger partial charge in [0.05, 0.1) is 16.8 Å². The van der Waals surface area contributed by atoms with Crippen LogP contribution in [0, 0.1) is 0 Å². The van der Waals surface area contributed by atoms with Crippen molar-refractivity contribution >= 4 is 15.9 Å². The van der Waals surface area contributed by atoms with Crippen molar-refractivity contribution in [3.63, 3.8) is 0 Å². The first kappa shape index (κ1) is 9.70. The number of nitrogens with zero attached hydrogens (tertiary/aromatic N) is 2. The molecule has 0 aliphatic rings. The van der Waals surface area contributed by atoms with E-state index in [2.05, 4.69) is 21.0 Å². The molecule has 4 nitrogen and oxygen atoms in total. The van der Waals surface area contributed by atoms with Gasteiger partial charge in [0, 0.05) is 19.3 Å². The van der Waals surface area contributed by atoms with Gasteiger partial charge in [-0.2, -0.15) is 5.10 Å². The smallest absolute Gasteiger partial charge is 0.0680 e. The van der Waals surface area contributed by atoms with Gasteiger partial charge >= 0.3 is 0 Å². The van der Waals surface area contributed by atoms with Crippen molar-refractivity contribution in [2.75, 3.05) is 6.54 Å². The van der Waals surface area contributed by atoms with E-state index in [1.54, 1.807) is 10.9 Å². The second kappa shape index (κ2) is 4.59. The summed E-state index contributed by atoms with van der Waals surface area (Å²) in [7, 11) is 0. The number of nitrogens with two attached hydrogens (primary N) is 1. The minimum Gasteiger partial charge on any atom is -0.392 e. The Bertz CT molecular complexity index is 238. The molecular formula is C7H12BrN3O. The number of aromatic nitrogens is 2. The summed E-state index contributed by atoms with van der Waals surface area (Å²) in [6, 6.07) is 0. The Morgan fingerprint density at radius 1 is 1.75 bits per heavy atom. The number of rotatable bonds is 4. The molecule has 1 unspecified atom stereocenters. The highest BCUT2D eigenvalue weighted by Crippen LogP contribution is 2.06. The van der Waals surface area contributed by atoms with Gasteiger partial charge in [0.25, 0.3) is 0 Å². The Hall–Kier alpha value is -0.390. The van der Waals surface area contributed by atoms with Crippen molar-refractivity contribution in [1.29, 1.82) is 0 Å². The topological polar surface area (TPSA) is 64.1 Å². The van der Waals surface area contributed by atoms with Crippen LogP contribution in [0.4, 0.5) is 0 Å². The molecule has 1 rings (SSSR count). The van der Waals surface area contributed by atoms with Crippen molar-refractivity contribution in [1.82, 2.24) is 9.78 Å². The van der Waals surface area contributed by atoms with Crippen LogP contribution in [0.15, 0.2) is 16.9 Å². The third-order valence-electron chi connectivity index (χ3n) is 1.57. The van der Waals surface area contributed by atoms with Gasteiger partial charge in [-0.25, -0.2) is 0 Å². The number of hydrogen-bond donors (Lipinski definition) is 2. The minimum absolute atomic E-state index is 0.308. The van der Waals surface area contributed by atoms with Gasteiger partial charge in [-0.05, 0) is 22.4 Å². The van der Waals surface area contributed by atoms with Crippen LogP contribution in [0.1, 0.15) is 6.42 Å². The van der Waals surface area contributed by atoms with Gasteiger partial charge in [0.1, 0.15) is 0 Å². The van der Waals surface area contributed by atoms with Crippen LogP contribution in [-0.4, -0.2) is 27.5 Å². The molecule has 0 amide bonds. The molecule has 5 heteroatoms. The number of halogens is 1. The van der Waals surface area contributed by atoms with Crippen LogP contribution in [-0.2, 0) is 6.54 Å². The van der Waals surface area contributed by atoms with Crippen molar-refractivity contribution in [3.8, 4) is 0 Å². The summed E-state index contributed by atoms with van der Waals surface area (Å²) in [5.74, 6) is 0. The number of hydrogen-bond acceptors (Lipinski definition) is 3. The molecule has 0 aliphatic carbocycles. The maximum atomic E-state index is 9.15. The third kappa shape index (κ3) is 2.92. The van der Waals surface area contributed by atoms with Crippen LogP contribution in [0.3, 0.4) is 0 Å². The Labute approximate surface area is 79.5 Å². The van der Waals surface area contributed by atoms with Crippen LogP contribution in [0.25, 0.3) is 0 Å². The van der Waals surface area contributed by atoms with Crippen LogP contribution in [0.2, 0.25) is 0 Å². The first-order chi connectivity index (χ1) is 5.72. The van der Waals surface area contributed by atoms with E-state index in [1.807, 2.05) is 6.20 Å². The number of aliphatic hydroxyl groups is 1. The number of aliphatic hydroxyl groups excluding tert-OH is 1. The van der Waals surface area contributed by atoms with Crippen LogP contribution in [0.5, 0.6) is 0 Å². The molecule has 1 aromatic heterocycles. The second-order valence-corrected chi connectivity index (χ2v) is 3.52. The Morgan fingerprint density at radius 3 is 3.00 bits per heavy atom. The predicted molar refractivity (Wildman–Crippen MR) is 49.6 cm³/mol. The SMILES string of the molecule is NCC(O)CCn1cc(Br)cn1. The highest BCUT2D eigenvalue weighted by Gasteiger charge is 2.01. The van der Waals surface area contributed by atoms with Crippen molar-refractivity contribution in [3.05, 3.63) is 16.9 Å². The summed E-state index contributed by atoms with van der Waals surface area (Å²) < 4.78 is 2.72. The first-order valence-electron chi connectivity index (χ1n) is 3.78. The lowest BCUT2D eigenvalue weighted by atomic mass is 10.2. The zero-order valence-electron chi connectivity index (χ0n) is 6.65. The average molecular weight is 234 g/mol. The quantitative estimate of drug-likeness (QED) is 0.790. The van der Waals surface area contributed by atoms with E-state index in [4.69, 9.17) is 10.8 Å². The summed E-state index contributed by atoms with van der Waals surface area (Å²) in [6.07, 6.45) is 3.80. The van der Waals surface area contributed by atoms with E-state index in [1.165, 1.54) is 0 Å². The molecule has 0 radical (unpaired) electrons. The molecule has 1 atom stereocenters. The minimum atomic E-state index is -0.423. The molecule has 0 fully saturated rings. The lowest BCUT2D eigenvalue weighted by Gasteiger charge is -2.06. The van der Waals surface area contributed by atoms with Crippen molar-refractivity contribution in [2.45, 2.75) is 19.1 Å². The largest absolute Gasteiger partial charge is 0.392 e. The third-order valence-corrected chi connectivity index (χ3v) is 1.97. The lowest BCUT2D eigenvalue weighted by Crippen LogP contribution is -2.21. The molecule has 0 saturated heterocycles. The molecule has 1 aromatic rings. The molecule has 68 valence electrons. The van der Waals surface area contributed by atoms with Gasteiger partial charge < -0.3 is 10.8 Å². The normalized spacial score (nSPS) is 13.2. The van der Waals surface area contributed by atoms with E-state index in [-0.39, 0.29) is 0 Å². The van der Waals surface area contributed by atoms with Gasteiger partial charge in [0.2, 0.25) is 0 Å². The summed E-state index contributed by atoms with van der Waals surface area (Å²) in [5, 5.41) is 13.2. The Balaban J connectivity index is 2.33. The number of aryl methyl sites for hydroxylation is 1. The van der Waals surface area contributed by atoms with E-state index < -0.39 is 6.10 Å². The Morgan fingerprint density at radius 2 is 2.50 bits per heavy atom. The lowest BCUT2D eigenvalue weighted by molar-refractivity contribution is 0.165. The van der Waals surface area contributed by atoms with E-state index >= 15 is 0 Å². The predicted octanol–water partition coefficient (Wildman–Crippen LogP) is 0.355. The van der Waals surface area contributed by atoms with E-state index in [9.17, 15) is 0 Å². The second-order valence-electron chi connectivity index (χ2n) is 2.60. The van der Waals surface area contributed by atoms with E-state index in [0.29, 0.717) is 19.5 Å². The maximum absolute atomic E-state index is 9.15. The standard InChI is InChI=1S/C7H12BrN3O/c8-6-4-10-11(5-6)2-1-7(12)3-9/h4-5,7,12H,1-3,9H2. The molecule has 12 heavy (non-hydrogen) atoms. The maximum Gasteiger partial charge on any atom is 0.0680 e. The molecule has 3 N–H and O–H groups in total. The summed E-state index contributed by atoms with van der Waals surface area (Å²) >= 11 is 3.29.